The lowest BCUT2D eigenvalue weighted by molar-refractivity contribution is 0.482. The van der Waals surface area contributed by atoms with Crippen molar-refractivity contribution in [1.82, 2.24) is 4.98 Å². The Balaban J connectivity index is 2.11. The third kappa shape index (κ3) is 2.37. The van der Waals surface area contributed by atoms with Crippen molar-refractivity contribution in [3.63, 3.8) is 0 Å². The van der Waals surface area contributed by atoms with E-state index >= 15 is 0 Å². The number of fused-ring (bicyclic) bond motifs is 1. The molecule has 1 aromatic heterocycles. The van der Waals surface area contributed by atoms with Gasteiger partial charge in [0.15, 0.2) is 0 Å². The van der Waals surface area contributed by atoms with Crippen LogP contribution >= 0.6 is 11.6 Å². The first-order valence-electron chi connectivity index (χ1n) is 5.71. The summed E-state index contributed by atoms with van der Waals surface area (Å²) >= 11 is 6.09. The Labute approximate surface area is 114 Å². The van der Waals surface area contributed by atoms with E-state index in [9.17, 15) is 4.39 Å². The summed E-state index contributed by atoms with van der Waals surface area (Å²) in [5.74, 6) is 0.635. The molecule has 2 aromatic carbocycles. The van der Waals surface area contributed by atoms with Gasteiger partial charge in [-0.2, -0.15) is 0 Å². The summed E-state index contributed by atoms with van der Waals surface area (Å²) in [4.78, 5) is 4.04. The van der Waals surface area contributed by atoms with E-state index in [1.165, 1.54) is 12.1 Å². The molecule has 0 N–H and O–H groups in total. The minimum absolute atomic E-state index is 0.345. The molecule has 2 nitrogen and oxygen atoms in total. The Morgan fingerprint density at radius 2 is 1.89 bits per heavy atom. The molecular weight excluding hydrogens is 265 g/mol. The van der Waals surface area contributed by atoms with Crippen molar-refractivity contribution >= 4 is 22.4 Å². The van der Waals surface area contributed by atoms with Crippen LogP contribution in [-0.2, 0) is 0 Å². The van der Waals surface area contributed by atoms with Crippen molar-refractivity contribution in [1.29, 1.82) is 0 Å². The Morgan fingerprint density at radius 1 is 1.05 bits per heavy atom. The highest BCUT2D eigenvalue weighted by Crippen LogP contribution is 2.33. The molecule has 19 heavy (non-hydrogen) atoms. The second-order valence-corrected chi connectivity index (χ2v) is 4.37. The van der Waals surface area contributed by atoms with Gasteiger partial charge in [0.1, 0.15) is 22.5 Å². The zero-order valence-corrected chi connectivity index (χ0v) is 10.6. The van der Waals surface area contributed by atoms with Crippen LogP contribution in [0, 0.1) is 5.82 Å². The number of nitrogens with zero attached hydrogens (tertiary/aromatic N) is 1. The van der Waals surface area contributed by atoms with Crippen LogP contribution in [0.25, 0.3) is 10.8 Å². The molecule has 94 valence electrons. The maximum atomic E-state index is 13.1. The smallest absolute Gasteiger partial charge is 0.140 e. The summed E-state index contributed by atoms with van der Waals surface area (Å²) in [6.07, 6.45) is 1.64. The number of hydrogen-bond donors (Lipinski definition) is 0. The molecule has 0 atom stereocenters. The quantitative estimate of drug-likeness (QED) is 0.625. The lowest BCUT2D eigenvalue weighted by Gasteiger charge is -2.09. The lowest BCUT2D eigenvalue weighted by atomic mass is 10.1. The highest BCUT2D eigenvalue weighted by Gasteiger charge is 2.08. The number of ether oxygens (including phenoxy) is 1. The van der Waals surface area contributed by atoms with Gasteiger partial charge in [0.2, 0.25) is 0 Å². The van der Waals surface area contributed by atoms with Gasteiger partial charge >= 0.3 is 0 Å². The van der Waals surface area contributed by atoms with E-state index in [1.807, 2.05) is 18.2 Å². The Bertz CT molecular complexity index is 740. The fraction of sp³-hybridized carbons (Fsp3) is 0. The largest absolute Gasteiger partial charge is 0.456 e. The van der Waals surface area contributed by atoms with Gasteiger partial charge < -0.3 is 4.74 Å². The van der Waals surface area contributed by atoms with E-state index in [1.54, 1.807) is 24.4 Å². The Kier molecular flexibility index (Phi) is 3.05. The second kappa shape index (κ2) is 4.86. The zero-order valence-electron chi connectivity index (χ0n) is 9.81. The average molecular weight is 274 g/mol. The predicted molar refractivity (Wildman–Crippen MR) is 73.2 cm³/mol. The first-order chi connectivity index (χ1) is 9.24. The lowest BCUT2D eigenvalue weighted by Crippen LogP contribution is -1.88. The van der Waals surface area contributed by atoms with E-state index < -0.39 is 0 Å². The van der Waals surface area contributed by atoms with Crippen molar-refractivity contribution in [3.8, 4) is 11.5 Å². The zero-order chi connectivity index (χ0) is 13.2. The topological polar surface area (TPSA) is 22.1 Å². The van der Waals surface area contributed by atoms with E-state index in [2.05, 4.69) is 4.98 Å². The number of benzene rings is 2. The third-order valence-corrected chi connectivity index (χ3v) is 3.02. The van der Waals surface area contributed by atoms with Gasteiger partial charge in [-0.25, -0.2) is 9.37 Å². The summed E-state index contributed by atoms with van der Waals surface area (Å²) < 4.78 is 18.8. The molecule has 0 radical (unpaired) electrons. The molecule has 3 aromatic rings. The first kappa shape index (κ1) is 11.9. The molecule has 1 heterocycles. The number of rotatable bonds is 2. The highest BCUT2D eigenvalue weighted by atomic mass is 35.5. The first-order valence-corrected chi connectivity index (χ1v) is 6.08. The molecule has 0 amide bonds. The summed E-state index contributed by atoms with van der Waals surface area (Å²) in [5.41, 5.74) is 0. The summed E-state index contributed by atoms with van der Waals surface area (Å²) in [7, 11) is 0. The monoisotopic (exact) mass is 273 g/mol. The summed E-state index contributed by atoms with van der Waals surface area (Å²) in [6, 6.07) is 13.4. The normalized spacial score (nSPS) is 10.6. The number of halogens is 2. The van der Waals surface area contributed by atoms with Crippen LogP contribution in [0.4, 0.5) is 4.39 Å². The maximum Gasteiger partial charge on any atom is 0.140 e. The molecule has 4 heteroatoms. The van der Waals surface area contributed by atoms with Gasteiger partial charge in [0, 0.05) is 12.3 Å². The van der Waals surface area contributed by atoms with E-state index in [-0.39, 0.29) is 5.82 Å². The Morgan fingerprint density at radius 3 is 2.74 bits per heavy atom. The minimum Gasteiger partial charge on any atom is -0.456 e. The second-order valence-electron chi connectivity index (χ2n) is 4.02. The van der Waals surface area contributed by atoms with E-state index in [0.717, 1.165) is 10.8 Å². The standard InChI is InChI=1S/C15H9ClFNO/c16-15-14-10(7-8-18-15)3-1-6-13(14)19-12-5-2-4-11(17)9-12/h1-9H. The summed E-state index contributed by atoms with van der Waals surface area (Å²) in [5, 5.41) is 2.01. The van der Waals surface area contributed by atoms with Crippen LogP contribution in [0.5, 0.6) is 11.5 Å². The molecule has 0 unspecified atom stereocenters. The fourth-order valence-corrected chi connectivity index (χ4v) is 2.16. The van der Waals surface area contributed by atoms with Gasteiger partial charge in [0.05, 0.1) is 5.39 Å². The van der Waals surface area contributed by atoms with Gasteiger partial charge in [-0.05, 0) is 29.7 Å². The van der Waals surface area contributed by atoms with Gasteiger partial charge in [-0.1, -0.05) is 29.8 Å². The molecule has 0 saturated heterocycles. The third-order valence-electron chi connectivity index (χ3n) is 2.73. The van der Waals surface area contributed by atoms with Crippen LogP contribution in [0.2, 0.25) is 5.15 Å². The predicted octanol–water partition coefficient (Wildman–Crippen LogP) is 4.82. The molecule has 0 aliphatic heterocycles. The maximum absolute atomic E-state index is 13.1. The molecule has 0 fully saturated rings. The summed E-state index contributed by atoms with van der Waals surface area (Å²) in [6.45, 7) is 0. The van der Waals surface area contributed by atoms with Crippen LogP contribution in [0.1, 0.15) is 0 Å². The van der Waals surface area contributed by atoms with Gasteiger partial charge in [0.25, 0.3) is 0 Å². The minimum atomic E-state index is -0.345. The van der Waals surface area contributed by atoms with Crippen LogP contribution < -0.4 is 4.74 Å². The molecule has 0 bridgehead atoms. The molecule has 0 aliphatic rings. The van der Waals surface area contributed by atoms with Crippen molar-refractivity contribution in [2.24, 2.45) is 0 Å². The Hall–Kier alpha value is -2.13. The van der Waals surface area contributed by atoms with Crippen molar-refractivity contribution in [2.75, 3.05) is 0 Å². The molecular formula is C15H9ClFNO. The van der Waals surface area contributed by atoms with Crippen molar-refractivity contribution in [2.45, 2.75) is 0 Å². The molecule has 0 saturated carbocycles. The molecule has 3 rings (SSSR count). The van der Waals surface area contributed by atoms with E-state index in [4.69, 9.17) is 16.3 Å². The van der Waals surface area contributed by atoms with E-state index in [0.29, 0.717) is 16.7 Å². The van der Waals surface area contributed by atoms with Crippen LogP contribution in [0.15, 0.2) is 54.7 Å². The SMILES string of the molecule is Fc1cccc(Oc2cccc3ccnc(Cl)c23)c1. The number of hydrogen-bond acceptors (Lipinski definition) is 2. The van der Waals surface area contributed by atoms with Crippen LogP contribution in [0.3, 0.4) is 0 Å². The fourth-order valence-electron chi connectivity index (χ4n) is 1.90. The van der Waals surface area contributed by atoms with Crippen molar-refractivity contribution < 1.29 is 9.13 Å². The molecule has 0 spiro atoms. The van der Waals surface area contributed by atoms with Crippen molar-refractivity contribution in [3.05, 3.63) is 65.7 Å². The average Bonchev–Trinajstić information content (AvgIpc) is 2.39. The van der Waals surface area contributed by atoms with Gasteiger partial charge in [-0.15, -0.1) is 0 Å². The molecule has 0 aliphatic carbocycles. The number of aromatic nitrogens is 1. The number of pyridine rings is 1. The van der Waals surface area contributed by atoms with Crippen LogP contribution in [-0.4, -0.2) is 4.98 Å². The van der Waals surface area contributed by atoms with Gasteiger partial charge in [-0.3, -0.25) is 0 Å². The highest BCUT2D eigenvalue weighted by molar-refractivity contribution is 6.34.